The van der Waals surface area contributed by atoms with Crippen molar-refractivity contribution in [2.75, 3.05) is 0 Å². The van der Waals surface area contributed by atoms with E-state index in [0.717, 1.165) is 11.8 Å². The van der Waals surface area contributed by atoms with E-state index in [4.69, 9.17) is 27.9 Å². The number of halogens is 3. The number of thioether (sulfide) groups is 1. The lowest BCUT2D eigenvalue weighted by molar-refractivity contribution is -0.124. The maximum absolute atomic E-state index is 13.3. The first kappa shape index (κ1) is 21.7. The first-order valence-corrected chi connectivity index (χ1v) is 10.5. The molecule has 2 aromatic carbocycles. The molecule has 4 nitrogen and oxygen atoms in total. The van der Waals surface area contributed by atoms with Crippen molar-refractivity contribution in [1.29, 1.82) is 0 Å². The molecule has 29 heavy (non-hydrogen) atoms. The van der Waals surface area contributed by atoms with E-state index in [-0.39, 0.29) is 45.4 Å². The molecule has 0 N–H and O–H groups in total. The van der Waals surface area contributed by atoms with Gasteiger partial charge in [0, 0.05) is 6.04 Å². The Morgan fingerprint density at radius 3 is 2.52 bits per heavy atom. The van der Waals surface area contributed by atoms with Gasteiger partial charge in [-0.25, -0.2) is 4.39 Å². The van der Waals surface area contributed by atoms with Gasteiger partial charge in [0.1, 0.15) is 12.4 Å². The van der Waals surface area contributed by atoms with Crippen molar-refractivity contribution >= 4 is 52.2 Å². The molecule has 152 valence electrons. The van der Waals surface area contributed by atoms with Gasteiger partial charge in [-0.15, -0.1) is 0 Å². The molecule has 2 aromatic rings. The van der Waals surface area contributed by atoms with Crippen molar-refractivity contribution in [3.05, 3.63) is 68.3 Å². The van der Waals surface area contributed by atoms with E-state index < -0.39 is 0 Å². The number of hydrogen-bond donors (Lipinski definition) is 0. The number of ether oxygens (including phenoxy) is 1. The lowest BCUT2D eigenvalue weighted by Crippen LogP contribution is -2.36. The summed E-state index contributed by atoms with van der Waals surface area (Å²) >= 11 is 13.5. The van der Waals surface area contributed by atoms with Crippen LogP contribution in [-0.2, 0) is 11.4 Å². The largest absolute Gasteiger partial charge is 0.486 e. The third kappa shape index (κ3) is 4.94. The highest BCUT2D eigenvalue weighted by Gasteiger charge is 2.37. The summed E-state index contributed by atoms with van der Waals surface area (Å²) in [5.41, 5.74) is 1.22. The summed E-state index contributed by atoms with van der Waals surface area (Å²) in [5.74, 6) is -0.416. The minimum atomic E-state index is -0.357. The Labute approximate surface area is 182 Å². The van der Waals surface area contributed by atoms with Crippen LogP contribution in [0.1, 0.15) is 31.4 Å². The van der Waals surface area contributed by atoms with Crippen molar-refractivity contribution in [3.63, 3.8) is 0 Å². The lowest BCUT2D eigenvalue weighted by atomic mass is 10.2. The van der Waals surface area contributed by atoms with Crippen molar-refractivity contribution < 1.29 is 18.7 Å². The second-order valence-electron chi connectivity index (χ2n) is 6.54. The molecular formula is C21H18Cl2FNO3S. The maximum atomic E-state index is 13.3. The normalized spacial score (nSPS) is 16.6. The van der Waals surface area contributed by atoms with E-state index in [1.807, 2.05) is 13.8 Å². The van der Waals surface area contributed by atoms with Gasteiger partial charge in [-0.1, -0.05) is 42.3 Å². The quantitative estimate of drug-likeness (QED) is 0.465. The molecule has 1 heterocycles. The van der Waals surface area contributed by atoms with Crippen LogP contribution in [0, 0.1) is 5.82 Å². The number of carbonyl (C=O) groups excluding carboxylic acids is 2. The monoisotopic (exact) mass is 453 g/mol. The van der Waals surface area contributed by atoms with Crippen LogP contribution >= 0.6 is 35.0 Å². The van der Waals surface area contributed by atoms with Gasteiger partial charge in [0.2, 0.25) is 0 Å². The zero-order valence-corrected chi connectivity index (χ0v) is 18.1. The number of benzene rings is 2. The first-order valence-electron chi connectivity index (χ1n) is 8.93. The highest BCUT2D eigenvalue weighted by molar-refractivity contribution is 8.18. The van der Waals surface area contributed by atoms with Crippen molar-refractivity contribution in [1.82, 2.24) is 4.90 Å². The van der Waals surface area contributed by atoms with Crippen LogP contribution in [0.15, 0.2) is 41.3 Å². The Kier molecular flexibility index (Phi) is 6.88. The molecule has 0 aliphatic carbocycles. The predicted molar refractivity (Wildman–Crippen MR) is 115 cm³/mol. The van der Waals surface area contributed by atoms with Gasteiger partial charge in [-0.3, -0.25) is 14.5 Å². The summed E-state index contributed by atoms with van der Waals surface area (Å²) in [6, 6.07) is 9.07. The number of rotatable bonds is 6. The third-order valence-electron chi connectivity index (χ3n) is 4.45. The van der Waals surface area contributed by atoms with Crippen LogP contribution in [0.4, 0.5) is 9.18 Å². The molecule has 1 atom stereocenters. The van der Waals surface area contributed by atoms with E-state index >= 15 is 0 Å². The van der Waals surface area contributed by atoms with E-state index in [0.29, 0.717) is 22.5 Å². The second kappa shape index (κ2) is 9.20. The molecule has 1 saturated heterocycles. The summed E-state index contributed by atoms with van der Waals surface area (Å²) in [5, 5.41) is 0.213. The van der Waals surface area contributed by atoms with Crippen LogP contribution in [0.5, 0.6) is 5.75 Å². The zero-order valence-electron chi connectivity index (χ0n) is 15.7. The average Bonchev–Trinajstić information content (AvgIpc) is 2.94. The van der Waals surface area contributed by atoms with Gasteiger partial charge in [-0.2, -0.15) is 0 Å². The van der Waals surface area contributed by atoms with Crippen LogP contribution in [0.25, 0.3) is 6.08 Å². The molecule has 2 amide bonds. The average molecular weight is 454 g/mol. The van der Waals surface area contributed by atoms with Crippen molar-refractivity contribution in [2.45, 2.75) is 32.9 Å². The van der Waals surface area contributed by atoms with Crippen molar-refractivity contribution in [3.8, 4) is 5.75 Å². The molecule has 0 spiro atoms. The van der Waals surface area contributed by atoms with Crippen LogP contribution in [0.3, 0.4) is 0 Å². The molecule has 8 heteroatoms. The number of hydrogen-bond acceptors (Lipinski definition) is 4. The Balaban J connectivity index is 1.79. The maximum Gasteiger partial charge on any atom is 0.293 e. The smallest absolute Gasteiger partial charge is 0.293 e. The zero-order chi connectivity index (χ0) is 21.1. The summed E-state index contributed by atoms with van der Waals surface area (Å²) in [6.45, 7) is 3.85. The minimum absolute atomic E-state index is 0.102. The molecule has 0 bridgehead atoms. The van der Waals surface area contributed by atoms with Crippen LogP contribution in [-0.4, -0.2) is 22.1 Å². The number of nitrogens with zero attached hydrogens (tertiary/aromatic N) is 1. The number of amides is 2. The van der Waals surface area contributed by atoms with Gasteiger partial charge < -0.3 is 4.74 Å². The molecule has 1 fully saturated rings. The van der Waals surface area contributed by atoms with Gasteiger partial charge >= 0.3 is 0 Å². The van der Waals surface area contributed by atoms with Gasteiger partial charge in [0.15, 0.2) is 5.75 Å². The molecular weight excluding hydrogens is 436 g/mol. The summed E-state index contributed by atoms with van der Waals surface area (Å²) < 4.78 is 18.9. The highest BCUT2D eigenvalue weighted by atomic mass is 35.5. The number of carbonyl (C=O) groups is 2. The topological polar surface area (TPSA) is 46.6 Å². The first-order chi connectivity index (χ1) is 13.8. The second-order valence-corrected chi connectivity index (χ2v) is 8.35. The summed E-state index contributed by atoms with van der Waals surface area (Å²) in [4.78, 5) is 26.3. The molecule has 0 aromatic heterocycles. The molecule has 0 radical (unpaired) electrons. The summed E-state index contributed by atoms with van der Waals surface area (Å²) in [7, 11) is 0. The Morgan fingerprint density at radius 2 is 1.90 bits per heavy atom. The van der Waals surface area contributed by atoms with Crippen molar-refractivity contribution in [2.24, 2.45) is 0 Å². The standard InChI is InChI=1S/C21H18Cl2FNO3S/c1-3-12(2)25-20(26)18(29-21(25)27)10-14-8-16(22)19(17(23)9-14)28-11-13-5-4-6-15(24)7-13/h4-10,12H,3,11H2,1-2H3/b18-10+/t12-/m1/s1. The van der Waals surface area contributed by atoms with E-state index in [1.165, 1.54) is 17.0 Å². The Hall–Kier alpha value is -2.02. The third-order valence-corrected chi connectivity index (χ3v) is 5.89. The van der Waals surface area contributed by atoms with E-state index in [1.54, 1.807) is 30.3 Å². The Bertz CT molecular complexity index is 973. The van der Waals surface area contributed by atoms with Gasteiger partial charge in [0.05, 0.1) is 15.0 Å². The fourth-order valence-corrected chi connectivity index (χ4v) is 4.32. The highest BCUT2D eigenvalue weighted by Crippen LogP contribution is 2.38. The SMILES string of the molecule is CC[C@@H](C)N1C(=O)S/C(=C/c2cc(Cl)c(OCc3cccc(F)c3)c(Cl)c2)C1=O. The molecule has 1 aliphatic heterocycles. The molecule has 0 unspecified atom stereocenters. The van der Waals surface area contributed by atoms with Gasteiger partial charge in [-0.05, 0) is 66.6 Å². The summed E-state index contributed by atoms with van der Waals surface area (Å²) in [6.07, 6.45) is 2.27. The minimum Gasteiger partial charge on any atom is -0.486 e. The fraction of sp³-hybridized carbons (Fsp3) is 0.238. The van der Waals surface area contributed by atoms with Crippen LogP contribution < -0.4 is 4.74 Å². The van der Waals surface area contributed by atoms with E-state index in [9.17, 15) is 14.0 Å². The lowest BCUT2D eigenvalue weighted by Gasteiger charge is -2.19. The fourth-order valence-electron chi connectivity index (χ4n) is 2.78. The number of imide groups is 1. The predicted octanol–water partition coefficient (Wildman–Crippen LogP) is 6.55. The van der Waals surface area contributed by atoms with E-state index in [2.05, 4.69) is 0 Å². The van der Waals surface area contributed by atoms with Gasteiger partial charge in [0.25, 0.3) is 11.1 Å². The molecule has 3 rings (SSSR count). The Morgan fingerprint density at radius 1 is 1.21 bits per heavy atom. The molecule has 1 aliphatic rings. The molecule has 0 saturated carbocycles. The van der Waals surface area contributed by atoms with Crippen LogP contribution in [0.2, 0.25) is 10.0 Å².